The molecule has 6 heteroatoms. The summed E-state index contributed by atoms with van der Waals surface area (Å²) in [5, 5.41) is 6.85. The zero-order chi connectivity index (χ0) is 22.8. The average Bonchev–Trinajstić information content (AvgIpc) is 3.10. The van der Waals surface area contributed by atoms with Crippen LogP contribution in [0.2, 0.25) is 0 Å². The molecule has 1 aromatic heterocycles. The molecule has 0 aliphatic carbocycles. The Morgan fingerprint density at radius 1 is 1.00 bits per heavy atom. The molecule has 3 aromatic rings. The molecule has 1 heterocycles. The Bertz CT molecular complexity index is 1070. The van der Waals surface area contributed by atoms with Crippen LogP contribution in [-0.2, 0) is 11.2 Å². The number of aromatic nitrogens is 1. The lowest BCUT2D eigenvalue weighted by atomic mass is 9.91. The zero-order valence-corrected chi connectivity index (χ0v) is 18.9. The van der Waals surface area contributed by atoms with Gasteiger partial charge in [0.25, 0.3) is 0 Å². The Balaban J connectivity index is 1.87. The predicted octanol–water partition coefficient (Wildman–Crippen LogP) is 5.02. The van der Waals surface area contributed by atoms with Crippen molar-refractivity contribution in [3.63, 3.8) is 0 Å². The number of hydrogen-bond donors (Lipinski definition) is 4. The van der Waals surface area contributed by atoms with Crippen molar-refractivity contribution in [2.24, 2.45) is 5.73 Å². The van der Waals surface area contributed by atoms with Crippen LogP contribution in [-0.4, -0.2) is 22.5 Å². The van der Waals surface area contributed by atoms with Gasteiger partial charge >= 0.3 is 6.03 Å². The Hall–Kier alpha value is -3.28. The number of hydrogen-bond acceptors (Lipinski definition) is 2. The first-order valence-corrected chi connectivity index (χ1v) is 10.7. The number of anilines is 1. The van der Waals surface area contributed by atoms with Gasteiger partial charge in [0.2, 0.25) is 5.91 Å². The van der Waals surface area contributed by atoms with E-state index in [2.05, 4.69) is 43.3 Å². The number of nitrogens with one attached hydrogen (secondary N) is 3. The number of urea groups is 1. The highest BCUT2D eigenvalue weighted by Gasteiger charge is 2.34. The molecule has 0 aliphatic heterocycles. The fourth-order valence-electron chi connectivity index (χ4n) is 3.94. The lowest BCUT2D eigenvalue weighted by molar-refractivity contribution is -0.123. The summed E-state index contributed by atoms with van der Waals surface area (Å²) in [4.78, 5) is 28.6. The number of carbonyl (C=O) groups is 2. The summed E-state index contributed by atoms with van der Waals surface area (Å²) in [6.07, 6.45) is 2.14. The highest BCUT2D eigenvalue weighted by atomic mass is 16.2. The number of H-pyrrole nitrogens is 1. The molecule has 3 amide bonds. The first kappa shape index (κ1) is 22.4. The SMILES string of the molecule is CC(C)c1cccc(C(C)C)c1NC(=O)NC(C)(Cc1c[nH]c2ccccc12)C(N)=O. The van der Waals surface area contributed by atoms with Gasteiger partial charge in [-0.15, -0.1) is 0 Å². The van der Waals surface area contributed by atoms with E-state index in [1.54, 1.807) is 6.92 Å². The van der Waals surface area contributed by atoms with Gasteiger partial charge in [0.05, 0.1) is 0 Å². The Kier molecular flexibility index (Phi) is 6.39. The molecule has 0 spiro atoms. The van der Waals surface area contributed by atoms with E-state index in [1.807, 2.05) is 48.7 Å². The summed E-state index contributed by atoms with van der Waals surface area (Å²) in [5.74, 6) is -0.111. The van der Waals surface area contributed by atoms with Gasteiger partial charge in [-0.25, -0.2) is 4.79 Å². The summed E-state index contributed by atoms with van der Waals surface area (Å²) in [6.45, 7) is 10.0. The van der Waals surface area contributed by atoms with E-state index < -0.39 is 17.5 Å². The minimum absolute atomic E-state index is 0.239. The van der Waals surface area contributed by atoms with Crippen molar-refractivity contribution >= 4 is 28.5 Å². The predicted molar refractivity (Wildman–Crippen MR) is 126 cm³/mol. The number of fused-ring (bicyclic) bond motifs is 1. The highest BCUT2D eigenvalue weighted by molar-refractivity contribution is 5.97. The minimum Gasteiger partial charge on any atom is -0.368 e. The molecule has 0 radical (unpaired) electrons. The summed E-state index contributed by atoms with van der Waals surface area (Å²) in [7, 11) is 0. The summed E-state index contributed by atoms with van der Waals surface area (Å²) in [5.41, 5.74) is 9.28. The molecule has 3 rings (SSSR count). The van der Waals surface area contributed by atoms with Crippen molar-refractivity contribution in [2.75, 3.05) is 5.32 Å². The van der Waals surface area contributed by atoms with Gasteiger partial charge in [0.15, 0.2) is 0 Å². The molecule has 1 atom stereocenters. The largest absolute Gasteiger partial charge is 0.368 e. The Morgan fingerprint density at radius 2 is 1.61 bits per heavy atom. The second kappa shape index (κ2) is 8.84. The van der Waals surface area contributed by atoms with Gasteiger partial charge in [-0.3, -0.25) is 4.79 Å². The topological polar surface area (TPSA) is 100 Å². The Labute approximate surface area is 183 Å². The van der Waals surface area contributed by atoms with Crippen LogP contribution in [0, 0.1) is 0 Å². The number of para-hydroxylation sites is 2. The van der Waals surface area contributed by atoms with E-state index >= 15 is 0 Å². The maximum absolute atomic E-state index is 13.0. The molecule has 1 unspecified atom stereocenters. The summed E-state index contributed by atoms with van der Waals surface area (Å²) in [6, 6.07) is 13.4. The zero-order valence-electron chi connectivity index (χ0n) is 18.9. The second-order valence-electron chi connectivity index (χ2n) is 8.93. The third-order valence-corrected chi connectivity index (χ3v) is 5.76. The molecule has 164 valence electrons. The van der Waals surface area contributed by atoms with Crippen LogP contribution in [0.25, 0.3) is 10.9 Å². The molecule has 0 aliphatic rings. The van der Waals surface area contributed by atoms with Crippen LogP contribution < -0.4 is 16.4 Å². The van der Waals surface area contributed by atoms with E-state index in [0.29, 0.717) is 0 Å². The maximum atomic E-state index is 13.0. The van der Waals surface area contributed by atoms with Crippen LogP contribution in [0.15, 0.2) is 48.7 Å². The normalized spacial score (nSPS) is 13.4. The molecular formula is C25H32N4O2. The van der Waals surface area contributed by atoms with Crippen LogP contribution in [0.1, 0.15) is 63.1 Å². The molecule has 31 heavy (non-hydrogen) atoms. The third kappa shape index (κ3) is 4.74. The quantitative estimate of drug-likeness (QED) is 0.431. The number of benzene rings is 2. The first-order valence-electron chi connectivity index (χ1n) is 10.7. The molecule has 0 saturated heterocycles. The van der Waals surface area contributed by atoms with Gasteiger partial charge in [0, 0.05) is 29.2 Å². The lowest BCUT2D eigenvalue weighted by Crippen LogP contribution is -2.57. The number of aromatic amines is 1. The van der Waals surface area contributed by atoms with Gasteiger partial charge in [-0.1, -0.05) is 64.1 Å². The smallest absolute Gasteiger partial charge is 0.320 e. The van der Waals surface area contributed by atoms with E-state index in [4.69, 9.17) is 5.73 Å². The van der Waals surface area contributed by atoms with E-state index in [-0.39, 0.29) is 18.3 Å². The minimum atomic E-state index is -1.25. The number of amides is 3. The van der Waals surface area contributed by atoms with Gasteiger partial charge in [-0.2, -0.15) is 0 Å². The van der Waals surface area contributed by atoms with Gasteiger partial charge in [0.1, 0.15) is 5.54 Å². The van der Waals surface area contributed by atoms with Crippen molar-refractivity contribution in [3.05, 3.63) is 65.4 Å². The number of primary amides is 1. The number of rotatable bonds is 7. The van der Waals surface area contributed by atoms with Crippen molar-refractivity contribution in [1.82, 2.24) is 10.3 Å². The van der Waals surface area contributed by atoms with Crippen molar-refractivity contribution in [3.8, 4) is 0 Å². The van der Waals surface area contributed by atoms with Crippen molar-refractivity contribution in [2.45, 2.75) is 58.4 Å². The van der Waals surface area contributed by atoms with Crippen molar-refractivity contribution in [1.29, 1.82) is 0 Å². The summed E-state index contributed by atoms with van der Waals surface area (Å²) >= 11 is 0. The average molecular weight is 421 g/mol. The van der Waals surface area contributed by atoms with E-state index in [0.717, 1.165) is 33.3 Å². The van der Waals surface area contributed by atoms with Crippen LogP contribution in [0.4, 0.5) is 10.5 Å². The monoisotopic (exact) mass is 420 g/mol. The lowest BCUT2D eigenvalue weighted by Gasteiger charge is -2.28. The van der Waals surface area contributed by atoms with Crippen LogP contribution >= 0.6 is 0 Å². The fourth-order valence-corrected chi connectivity index (χ4v) is 3.94. The molecule has 2 aromatic carbocycles. The second-order valence-corrected chi connectivity index (χ2v) is 8.93. The molecule has 0 bridgehead atoms. The van der Waals surface area contributed by atoms with Gasteiger partial charge < -0.3 is 21.4 Å². The fraction of sp³-hybridized carbons (Fsp3) is 0.360. The maximum Gasteiger partial charge on any atom is 0.320 e. The Morgan fingerprint density at radius 3 is 2.19 bits per heavy atom. The number of nitrogens with two attached hydrogens (primary N) is 1. The molecule has 5 N–H and O–H groups in total. The molecule has 0 fully saturated rings. The molecular weight excluding hydrogens is 388 g/mol. The highest BCUT2D eigenvalue weighted by Crippen LogP contribution is 2.32. The molecule has 6 nitrogen and oxygen atoms in total. The van der Waals surface area contributed by atoms with E-state index in [1.165, 1.54) is 0 Å². The van der Waals surface area contributed by atoms with Crippen LogP contribution in [0.3, 0.4) is 0 Å². The van der Waals surface area contributed by atoms with Gasteiger partial charge in [-0.05, 0) is 41.5 Å². The number of carbonyl (C=O) groups excluding carboxylic acids is 2. The van der Waals surface area contributed by atoms with E-state index in [9.17, 15) is 9.59 Å². The third-order valence-electron chi connectivity index (χ3n) is 5.76. The molecule has 0 saturated carbocycles. The standard InChI is InChI=1S/C25H32N4O2/c1-15(2)18-10-8-11-19(16(3)4)22(18)28-24(31)29-25(5,23(26)30)13-17-14-27-21-12-7-6-9-20(17)21/h6-12,14-16,27H,13H2,1-5H3,(H2,26,30)(H2,28,29,31). The summed E-state index contributed by atoms with van der Waals surface area (Å²) < 4.78 is 0. The van der Waals surface area contributed by atoms with Crippen LogP contribution in [0.5, 0.6) is 0 Å². The van der Waals surface area contributed by atoms with Crippen molar-refractivity contribution < 1.29 is 9.59 Å². The first-order chi connectivity index (χ1) is 14.6.